The monoisotopic (exact) mass is 311 g/mol. The Morgan fingerprint density at radius 2 is 1.57 bits per heavy atom. The first kappa shape index (κ1) is 16.9. The van der Waals surface area contributed by atoms with Crippen molar-refractivity contribution in [3.63, 3.8) is 0 Å². The number of ether oxygens (including phenoxy) is 1. The highest BCUT2D eigenvalue weighted by molar-refractivity contribution is 5.81. The highest BCUT2D eigenvalue weighted by Crippen LogP contribution is 2.24. The molecule has 0 heterocycles. The summed E-state index contributed by atoms with van der Waals surface area (Å²) in [6, 6.07) is 20.0. The van der Waals surface area contributed by atoms with Gasteiger partial charge in [-0.15, -0.1) is 0 Å². The first-order valence-corrected chi connectivity index (χ1v) is 7.59. The summed E-state index contributed by atoms with van der Waals surface area (Å²) in [7, 11) is 0. The lowest BCUT2D eigenvalue weighted by atomic mass is 9.96. The van der Waals surface area contributed by atoms with Gasteiger partial charge >= 0.3 is 5.97 Å². The van der Waals surface area contributed by atoms with E-state index < -0.39 is 12.1 Å². The van der Waals surface area contributed by atoms with Gasteiger partial charge in [0.1, 0.15) is 0 Å². The minimum absolute atomic E-state index is 0.298. The molecule has 120 valence electrons. The topological polar surface area (TPSA) is 61.5 Å². The minimum Gasteiger partial charge on any atom is -0.464 e. The van der Waals surface area contributed by atoms with Gasteiger partial charge in [0.2, 0.25) is 0 Å². The van der Waals surface area contributed by atoms with E-state index in [4.69, 9.17) is 15.5 Å². The van der Waals surface area contributed by atoms with Crippen molar-refractivity contribution in [2.45, 2.75) is 19.4 Å². The maximum absolute atomic E-state index is 11.8. The highest BCUT2D eigenvalue weighted by Gasteiger charge is 2.19. The Labute approximate surface area is 136 Å². The van der Waals surface area contributed by atoms with Gasteiger partial charge in [-0.2, -0.15) is 0 Å². The quantitative estimate of drug-likeness (QED) is 0.629. The zero-order chi connectivity index (χ0) is 16.5. The van der Waals surface area contributed by atoms with Gasteiger partial charge in [-0.1, -0.05) is 66.7 Å². The molecule has 0 radical (unpaired) electrons. The van der Waals surface area contributed by atoms with Crippen LogP contribution in [0.5, 0.6) is 0 Å². The van der Waals surface area contributed by atoms with E-state index in [2.05, 4.69) is 0 Å². The van der Waals surface area contributed by atoms with E-state index in [1.165, 1.54) is 0 Å². The molecule has 0 amide bonds. The number of rotatable bonds is 7. The van der Waals surface area contributed by atoms with Gasteiger partial charge < -0.3 is 4.74 Å². The van der Waals surface area contributed by atoms with Crippen molar-refractivity contribution in [3.05, 3.63) is 77.9 Å². The fourth-order valence-electron chi connectivity index (χ4n) is 2.31. The second-order valence-corrected chi connectivity index (χ2v) is 4.96. The summed E-state index contributed by atoms with van der Waals surface area (Å²) in [6.07, 6.45) is 1.49. The van der Waals surface area contributed by atoms with Crippen LogP contribution in [-0.4, -0.2) is 18.7 Å². The van der Waals surface area contributed by atoms with Crippen LogP contribution in [0, 0.1) is 0 Å². The molecule has 0 aliphatic carbocycles. The van der Waals surface area contributed by atoms with Crippen LogP contribution in [0.25, 0.3) is 5.57 Å². The van der Waals surface area contributed by atoms with Gasteiger partial charge in [0.25, 0.3) is 0 Å². The molecule has 2 aromatic carbocycles. The van der Waals surface area contributed by atoms with Crippen molar-refractivity contribution in [1.29, 1.82) is 0 Å². The molecule has 23 heavy (non-hydrogen) atoms. The van der Waals surface area contributed by atoms with Crippen molar-refractivity contribution in [1.82, 2.24) is 0 Å². The van der Waals surface area contributed by atoms with Gasteiger partial charge in [0, 0.05) is 6.42 Å². The SMILES string of the molecule is CCOC(=O)C(CC=C(c1ccccc1)c1ccccc1)ON. The molecular weight excluding hydrogens is 290 g/mol. The number of benzene rings is 2. The predicted molar refractivity (Wildman–Crippen MR) is 90.3 cm³/mol. The Hall–Kier alpha value is -2.43. The van der Waals surface area contributed by atoms with Crippen LogP contribution in [0.3, 0.4) is 0 Å². The van der Waals surface area contributed by atoms with E-state index in [1.807, 2.05) is 66.7 Å². The van der Waals surface area contributed by atoms with E-state index in [1.54, 1.807) is 6.92 Å². The van der Waals surface area contributed by atoms with Crippen molar-refractivity contribution < 1.29 is 14.4 Å². The van der Waals surface area contributed by atoms with Crippen molar-refractivity contribution in [2.75, 3.05) is 6.61 Å². The molecule has 0 saturated heterocycles. The molecule has 4 heteroatoms. The van der Waals surface area contributed by atoms with E-state index >= 15 is 0 Å². The van der Waals surface area contributed by atoms with Gasteiger partial charge in [0.15, 0.2) is 6.10 Å². The summed E-state index contributed by atoms with van der Waals surface area (Å²) < 4.78 is 4.97. The van der Waals surface area contributed by atoms with Crippen LogP contribution in [-0.2, 0) is 14.4 Å². The summed E-state index contributed by atoms with van der Waals surface area (Å²) >= 11 is 0. The van der Waals surface area contributed by atoms with E-state index in [0.29, 0.717) is 13.0 Å². The van der Waals surface area contributed by atoms with Crippen molar-refractivity contribution >= 4 is 11.5 Å². The third kappa shape index (κ3) is 4.77. The van der Waals surface area contributed by atoms with Crippen LogP contribution in [0.4, 0.5) is 0 Å². The van der Waals surface area contributed by atoms with Crippen LogP contribution in [0.1, 0.15) is 24.5 Å². The number of hydrogen-bond acceptors (Lipinski definition) is 4. The molecule has 4 nitrogen and oxygen atoms in total. The first-order chi connectivity index (χ1) is 11.3. The summed E-state index contributed by atoms with van der Waals surface area (Å²) in [5.41, 5.74) is 3.16. The second kappa shape index (κ2) is 8.88. The summed E-state index contributed by atoms with van der Waals surface area (Å²) in [4.78, 5) is 16.6. The summed E-state index contributed by atoms with van der Waals surface area (Å²) in [5, 5.41) is 0. The number of carbonyl (C=O) groups is 1. The number of esters is 1. The van der Waals surface area contributed by atoms with E-state index in [-0.39, 0.29) is 0 Å². The Bertz CT molecular complexity index is 597. The molecule has 0 aromatic heterocycles. The van der Waals surface area contributed by atoms with Crippen LogP contribution >= 0.6 is 0 Å². The fraction of sp³-hybridized carbons (Fsp3) is 0.211. The maximum atomic E-state index is 11.8. The largest absolute Gasteiger partial charge is 0.464 e. The molecular formula is C19H21NO3. The molecule has 0 spiro atoms. The molecule has 2 rings (SSSR count). The zero-order valence-electron chi connectivity index (χ0n) is 13.1. The molecule has 1 unspecified atom stereocenters. The second-order valence-electron chi connectivity index (χ2n) is 4.96. The lowest BCUT2D eigenvalue weighted by Gasteiger charge is -2.13. The number of nitrogens with two attached hydrogens (primary N) is 1. The first-order valence-electron chi connectivity index (χ1n) is 7.59. The molecule has 0 saturated carbocycles. The maximum Gasteiger partial charge on any atom is 0.337 e. The molecule has 2 N–H and O–H groups in total. The fourth-order valence-corrected chi connectivity index (χ4v) is 2.31. The van der Waals surface area contributed by atoms with Gasteiger partial charge in [0.05, 0.1) is 6.61 Å². The van der Waals surface area contributed by atoms with Crippen molar-refractivity contribution in [2.24, 2.45) is 5.90 Å². The van der Waals surface area contributed by atoms with E-state index in [9.17, 15) is 4.79 Å². The van der Waals surface area contributed by atoms with Gasteiger partial charge in [-0.05, 0) is 23.6 Å². The van der Waals surface area contributed by atoms with Gasteiger partial charge in [-0.25, -0.2) is 10.7 Å². The average molecular weight is 311 g/mol. The third-order valence-electron chi connectivity index (χ3n) is 3.42. The van der Waals surface area contributed by atoms with Crippen molar-refractivity contribution in [3.8, 4) is 0 Å². The van der Waals surface area contributed by atoms with Crippen LogP contribution in [0.15, 0.2) is 66.7 Å². The zero-order valence-corrected chi connectivity index (χ0v) is 13.1. The smallest absolute Gasteiger partial charge is 0.337 e. The third-order valence-corrected chi connectivity index (χ3v) is 3.42. The average Bonchev–Trinajstić information content (AvgIpc) is 2.60. The lowest BCUT2D eigenvalue weighted by molar-refractivity contribution is -0.156. The Morgan fingerprint density at radius 3 is 2.00 bits per heavy atom. The summed E-state index contributed by atoms with van der Waals surface area (Å²) in [5.74, 6) is 4.79. The predicted octanol–water partition coefficient (Wildman–Crippen LogP) is 3.33. The van der Waals surface area contributed by atoms with Gasteiger partial charge in [-0.3, -0.25) is 4.84 Å². The number of hydrogen-bond donors (Lipinski definition) is 1. The minimum atomic E-state index is -0.808. The Balaban J connectivity index is 2.29. The summed E-state index contributed by atoms with van der Waals surface area (Å²) in [6.45, 7) is 2.05. The molecule has 2 aromatic rings. The van der Waals surface area contributed by atoms with Crippen LogP contribution in [0.2, 0.25) is 0 Å². The molecule has 0 fully saturated rings. The molecule has 0 bridgehead atoms. The Morgan fingerprint density at radius 1 is 1.04 bits per heavy atom. The Kier molecular flexibility index (Phi) is 6.54. The molecule has 0 aliphatic heterocycles. The lowest BCUT2D eigenvalue weighted by Crippen LogP contribution is -2.28. The van der Waals surface area contributed by atoms with Crippen LogP contribution < -0.4 is 5.90 Å². The number of carbonyl (C=O) groups excluding carboxylic acids is 1. The van der Waals surface area contributed by atoms with E-state index in [0.717, 1.165) is 16.7 Å². The molecule has 0 aliphatic rings. The molecule has 1 atom stereocenters. The standard InChI is InChI=1S/C19H21NO3/c1-2-22-19(21)18(23-20)14-13-17(15-9-5-3-6-10-15)16-11-7-4-8-12-16/h3-13,18H,2,14,20H2,1H3. The normalized spacial score (nSPS) is 11.6. The highest BCUT2D eigenvalue weighted by atomic mass is 16.6.